The molecule has 2 heterocycles. The van der Waals surface area contributed by atoms with Gasteiger partial charge in [-0.3, -0.25) is 19.3 Å². The maximum atomic E-state index is 13.3. The molecular weight excluding hydrogens is 456 g/mol. The Morgan fingerprint density at radius 3 is 2.71 bits per heavy atom. The van der Waals surface area contributed by atoms with Gasteiger partial charge in [-0.05, 0) is 42.7 Å². The summed E-state index contributed by atoms with van der Waals surface area (Å²) in [5, 5.41) is 2.89. The SMILES string of the molecule is CC[C@H](C)[C@H](N=C1NS(=O)(=O)c2ccccc21)C(=O)Nc1ccc(OC)c(N2CCCC2=O)c1. The van der Waals surface area contributed by atoms with Gasteiger partial charge in [0.2, 0.25) is 11.8 Å². The fraction of sp³-hybridized carbons (Fsp3) is 0.375. The number of hydrogen-bond donors (Lipinski definition) is 2. The third kappa shape index (κ3) is 4.50. The van der Waals surface area contributed by atoms with Crippen molar-refractivity contribution in [2.24, 2.45) is 10.9 Å². The highest BCUT2D eigenvalue weighted by Crippen LogP contribution is 2.34. The first kappa shape index (κ1) is 23.7. The number of sulfonamides is 1. The van der Waals surface area contributed by atoms with Crippen LogP contribution in [0, 0.1) is 5.92 Å². The molecule has 2 aromatic carbocycles. The standard InChI is InChI=1S/C24H28N4O5S/c1-4-15(2)22(26-23-17-8-5-6-9-20(17)34(31,32)27-23)24(30)25-16-11-12-19(33-3)18(14-16)28-13-7-10-21(28)29/h5-6,8-9,11-12,14-15,22H,4,7,10,13H2,1-3H3,(H,25,30)(H,26,27)/t15-,22-/m0/s1. The number of amides is 2. The lowest BCUT2D eigenvalue weighted by Crippen LogP contribution is -2.35. The molecule has 34 heavy (non-hydrogen) atoms. The molecule has 1 fully saturated rings. The van der Waals surface area contributed by atoms with Crippen molar-refractivity contribution >= 4 is 39.0 Å². The van der Waals surface area contributed by atoms with Gasteiger partial charge in [0.05, 0.1) is 17.7 Å². The number of fused-ring (bicyclic) bond motifs is 1. The molecule has 2 aliphatic heterocycles. The fourth-order valence-corrected chi connectivity index (χ4v) is 5.37. The Bertz CT molecular complexity index is 1260. The molecule has 0 radical (unpaired) electrons. The monoisotopic (exact) mass is 484 g/mol. The van der Waals surface area contributed by atoms with Crippen LogP contribution in [0.5, 0.6) is 5.75 Å². The molecule has 2 amide bonds. The molecule has 0 spiro atoms. The number of rotatable bonds is 7. The average molecular weight is 485 g/mol. The van der Waals surface area contributed by atoms with Crippen molar-refractivity contribution < 1.29 is 22.7 Å². The number of carbonyl (C=O) groups is 2. The van der Waals surface area contributed by atoms with E-state index < -0.39 is 16.1 Å². The zero-order valence-electron chi connectivity index (χ0n) is 19.4. The Morgan fingerprint density at radius 2 is 2.03 bits per heavy atom. The van der Waals surface area contributed by atoms with E-state index in [4.69, 9.17) is 4.74 Å². The first-order chi connectivity index (χ1) is 16.2. The van der Waals surface area contributed by atoms with Crippen molar-refractivity contribution in [1.82, 2.24) is 4.72 Å². The molecule has 9 nitrogen and oxygen atoms in total. The van der Waals surface area contributed by atoms with Gasteiger partial charge in [-0.1, -0.05) is 32.4 Å². The van der Waals surface area contributed by atoms with E-state index in [9.17, 15) is 18.0 Å². The van der Waals surface area contributed by atoms with Gasteiger partial charge in [0, 0.05) is 24.2 Å². The molecule has 2 atom stereocenters. The number of benzene rings is 2. The lowest BCUT2D eigenvalue weighted by atomic mass is 9.98. The van der Waals surface area contributed by atoms with E-state index in [0.717, 1.165) is 6.42 Å². The summed E-state index contributed by atoms with van der Waals surface area (Å²) in [7, 11) is -2.17. The highest BCUT2D eigenvalue weighted by molar-refractivity contribution is 7.90. The Labute approximate surface area is 199 Å². The molecule has 0 saturated carbocycles. The Morgan fingerprint density at radius 1 is 1.26 bits per heavy atom. The number of carbonyl (C=O) groups excluding carboxylic acids is 2. The van der Waals surface area contributed by atoms with Gasteiger partial charge in [0.1, 0.15) is 17.6 Å². The minimum Gasteiger partial charge on any atom is -0.495 e. The summed E-state index contributed by atoms with van der Waals surface area (Å²) in [4.78, 5) is 31.9. The first-order valence-electron chi connectivity index (χ1n) is 11.2. The summed E-state index contributed by atoms with van der Waals surface area (Å²) < 4.78 is 32.8. The maximum absolute atomic E-state index is 13.3. The van der Waals surface area contributed by atoms with Gasteiger partial charge in [-0.2, -0.15) is 0 Å². The Kier molecular flexibility index (Phi) is 6.60. The van der Waals surface area contributed by atoms with Gasteiger partial charge in [-0.15, -0.1) is 0 Å². The van der Waals surface area contributed by atoms with Gasteiger partial charge >= 0.3 is 0 Å². The predicted molar refractivity (Wildman–Crippen MR) is 130 cm³/mol. The van der Waals surface area contributed by atoms with E-state index in [-0.39, 0.29) is 28.5 Å². The summed E-state index contributed by atoms with van der Waals surface area (Å²) in [5.74, 6) is 0.202. The molecule has 2 aromatic rings. The molecule has 4 rings (SSSR count). The lowest BCUT2D eigenvalue weighted by Gasteiger charge is -2.22. The molecule has 10 heteroatoms. The topological polar surface area (TPSA) is 117 Å². The molecule has 1 saturated heterocycles. The zero-order chi connectivity index (χ0) is 24.5. The largest absolute Gasteiger partial charge is 0.495 e. The summed E-state index contributed by atoms with van der Waals surface area (Å²) in [6, 6.07) is 10.9. The second-order valence-electron chi connectivity index (χ2n) is 8.43. The number of anilines is 2. The zero-order valence-corrected chi connectivity index (χ0v) is 20.2. The smallest absolute Gasteiger partial charge is 0.263 e. The quantitative estimate of drug-likeness (QED) is 0.627. The first-order valence-corrected chi connectivity index (χ1v) is 12.7. The number of amidine groups is 1. The fourth-order valence-electron chi connectivity index (χ4n) is 4.13. The minimum absolute atomic E-state index is 0.0119. The predicted octanol–water partition coefficient (Wildman–Crippen LogP) is 2.91. The van der Waals surface area contributed by atoms with Gasteiger partial charge in [0.15, 0.2) is 0 Å². The lowest BCUT2D eigenvalue weighted by molar-refractivity contribution is -0.118. The van der Waals surface area contributed by atoms with Crippen LogP contribution in [0.2, 0.25) is 0 Å². The van der Waals surface area contributed by atoms with Gasteiger partial charge in [0.25, 0.3) is 10.0 Å². The van der Waals surface area contributed by atoms with Crippen molar-refractivity contribution in [3.63, 3.8) is 0 Å². The van der Waals surface area contributed by atoms with E-state index in [2.05, 4.69) is 15.0 Å². The Balaban J connectivity index is 1.64. The molecular formula is C24H28N4O5S. The normalized spacial score (nSPS) is 19.4. The maximum Gasteiger partial charge on any atom is 0.263 e. The van der Waals surface area contributed by atoms with Crippen molar-refractivity contribution in [1.29, 1.82) is 0 Å². The van der Waals surface area contributed by atoms with E-state index in [1.807, 2.05) is 13.8 Å². The van der Waals surface area contributed by atoms with Crippen LogP contribution < -0.4 is 19.7 Å². The van der Waals surface area contributed by atoms with Crippen LogP contribution in [0.1, 0.15) is 38.7 Å². The summed E-state index contributed by atoms with van der Waals surface area (Å²) in [5.41, 5.74) is 1.55. The summed E-state index contributed by atoms with van der Waals surface area (Å²) in [6.07, 6.45) is 1.91. The van der Waals surface area contributed by atoms with E-state index in [1.165, 1.54) is 13.2 Å². The molecule has 0 unspecified atom stereocenters. The number of nitrogens with zero attached hydrogens (tertiary/aromatic N) is 2. The van der Waals surface area contributed by atoms with Crippen LogP contribution >= 0.6 is 0 Å². The van der Waals surface area contributed by atoms with Crippen LogP contribution in [0.4, 0.5) is 11.4 Å². The highest BCUT2D eigenvalue weighted by atomic mass is 32.2. The molecule has 2 N–H and O–H groups in total. The van der Waals surface area contributed by atoms with Crippen molar-refractivity contribution in [3.05, 3.63) is 48.0 Å². The van der Waals surface area contributed by atoms with E-state index in [1.54, 1.807) is 41.3 Å². The minimum atomic E-state index is -3.71. The number of aliphatic imine (C=N–C) groups is 1. The summed E-state index contributed by atoms with van der Waals surface area (Å²) in [6.45, 7) is 4.43. The van der Waals surface area contributed by atoms with Gasteiger partial charge in [-0.25, -0.2) is 8.42 Å². The third-order valence-corrected chi connectivity index (χ3v) is 7.59. The molecule has 0 aromatic heterocycles. The molecule has 0 bridgehead atoms. The number of hydrogen-bond acceptors (Lipinski definition) is 6. The third-order valence-electron chi connectivity index (χ3n) is 6.19. The number of nitrogens with one attached hydrogen (secondary N) is 2. The number of ether oxygens (including phenoxy) is 1. The van der Waals surface area contributed by atoms with Crippen LogP contribution in [0.15, 0.2) is 52.4 Å². The van der Waals surface area contributed by atoms with Crippen molar-refractivity contribution in [2.75, 3.05) is 23.9 Å². The second kappa shape index (κ2) is 9.46. The van der Waals surface area contributed by atoms with Crippen molar-refractivity contribution in [3.8, 4) is 5.75 Å². The van der Waals surface area contributed by atoms with Crippen LogP contribution in [-0.4, -0.2) is 45.8 Å². The summed E-state index contributed by atoms with van der Waals surface area (Å²) >= 11 is 0. The molecule has 2 aliphatic rings. The Hall–Kier alpha value is -3.40. The molecule has 180 valence electrons. The molecule has 0 aliphatic carbocycles. The number of methoxy groups -OCH3 is 1. The van der Waals surface area contributed by atoms with Crippen molar-refractivity contribution in [2.45, 2.75) is 44.0 Å². The van der Waals surface area contributed by atoms with Crippen LogP contribution in [0.25, 0.3) is 0 Å². The highest BCUT2D eigenvalue weighted by Gasteiger charge is 2.33. The second-order valence-corrected chi connectivity index (χ2v) is 10.1. The van der Waals surface area contributed by atoms with Crippen LogP contribution in [0.3, 0.4) is 0 Å². The van der Waals surface area contributed by atoms with Crippen LogP contribution in [-0.2, 0) is 19.6 Å². The average Bonchev–Trinajstić information content (AvgIpc) is 3.37. The van der Waals surface area contributed by atoms with E-state index in [0.29, 0.717) is 42.1 Å². The van der Waals surface area contributed by atoms with Gasteiger partial charge < -0.3 is 15.0 Å². The van der Waals surface area contributed by atoms with E-state index >= 15 is 0 Å².